The summed E-state index contributed by atoms with van der Waals surface area (Å²) in [6.07, 6.45) is 1.01. The summed E-state index contributed by atoms with van der Waals surface area (Å²) in [5.41, 5.74) is 9.07. The van der Waals surface area contributed by atoms with Crippen LogP contribution >= 0.6 is 45.8 Å². The van der Waals surface area contributed by atoms with Gasteiger partial charge in [-0.15, -0.1) is 34.0 Å². The molecule has 4 heteroatoms. The van der Waals surface area contributed by atoms with E-state index in [1.807, 2.05) is 45.8 Å². The van der Waals surface area contributed by atoms with Crippen LogP contribution in [-0.2, 0) is 6.42 Å². The van der Waals surface area contributed by atoms with Crippen molar-refractivity contribution in [2.24, 2.45) is 0 Å². The second-order valence-electron chi connectivity index (χ2n) is 11.7. The van der Waals surface area contributed by atoms with Gasteiger partial charge in [-0.1, -0.05) is 121 Å². The SMILES string of the molecule is c1ccc(-c2ccc(-c3ccc4c(c3)Sc3c(sc5cc6c(cc35)sc3c5ccc(-c7ccccc7)cc5sc63)C4)cc2)cc1. The summed E-state index contributed by atoms with van der Waals surface area (Å²) in [5, 5.41) is 4.21. The van der Waals surface area contributed by atoms with Crippen LogP contribution in [0.4, 0.5) is 0 Å². The molecule has 4 heterocycles. The van der Waals surface area contributed by atoms with Crippen LogP contribution < -0.4 is 0 Å². The van der Waals surface area contributed by atoms with Gasteiger partial charge < -0.3 is 0 Å². The van der Waals surface area contributed by atoms with Gasteiger partial charge >= 0.3 is 0 Å². The molecule has 0 N–H and O–H groups in total. The summed E-state index contributed by atoms with van der Waals surface area (Å²) in [4.78, 5) is 4.34. The topological polar surface area (TPSA) is 0 Å². The summed E-state index contributed by atoms with van der Waals surface area (Å²) in [7, 11) is 0. The maximum atomic E-state index is 2.48. The predicted molar refractivity (Wildman–Crippen MR) is 200 cm³/mol. The fraction of sp³-hybridized carbons (Fsp3) is 0.0244. The zero-order valence-corrected chi connectivity index (χ0v) is 27.3. The number of hydrogen-bond donors (Lipinski definition) is 0. The fourth-order valence-corrected chi connectivity index (χ4v) is 12.0. The molecule has 0 atom stereocenters. The lowest BCUT2D eigenvalue weighted by Gasteiger charge is -2.17. The number of thiophene rings is 3. The van der Waals surface area contributed by atoms with E-state index >= 15 is 0 Å². The molecule has 1 aliphatic rings. The van der Waals surface area contributed by atoms with Gasteiger partial charge in [-0.3, -0.25) is 0 Å². The van der Waals surface area contributed by atoms with Crippen LogP contribution in [0.5, 0.6) is 0 Å². The zero-order chi connectivity index (χ0) is 29.5. The molecule has 45 heavy (non-hydrogen) atoms. The van der Waals surface area contributed by atoms with Crippen molar-refractivity contribution in [3.63, 3.8) is 0 Å². The van der Waals surface area contributed by atoms with E-state index in [9.17, 15) is 0 Å². The third kappa shape index (κ3) is 4.24. The summed E-state index contributed by atoms with van der Waals surface area (Å²) >= 11 is 7.86. The molecular weight excluding hydrogens is 621 g/mol. The van der Waals surface area contributed by atoms with Gasteiger partial charge in [0.15, 0.2) is 0 Å². The van der Waals surface area contributed by atoms with Crippen LogP contribution in [0, 0.1) is 0 Å². The summed E-state index contributed by atoms with van der Waals surface area (Å²) in [5.74, 6) is 0. The van der Waals surface area contributed by atoms with E-state index in [0.29, 0.717) is 0 Å². The highest BCUT2D eigenvalue weighted by Gasteiger charge is 2.23. The van der Waals surface area contributed by atoms with Gasteiger partial charge in [-0.05, 0) is 63.2 Å². The van der Waals surface area contributed by atoms with Crippen molar-refractivity contribution in [3.8, 4) is 33.4 Å². The largest absolute Gasteiger partial charge is 0.139 e. The van der Waals surface area contributed by atoms with Crippen LogP contribution in [0.3, 0.4) is 0 Å². The van der Waals surface area contributed by atoms with Crippen LogP contribution in [0.1, 0.15) is 10.4 Å². The molecule has 0 saturated heterocycles. The van der Waals surface area contributed by atoms with Crippen molar-refractivity contribution in [2.45, 2.75) is 16.2 Å². The molecule has 0 unspecified atom stereocenters. The third-order valence-electron chi connectivity index (χ3n) is 8.98. The molecule has 0 saturated carbocycles. The van der Waals surface area contributed by atoms with E-state index in [4.69, 9.17) is 0 Å². The number of rotatable bonds is 3. The molecule has 0 aliphatic carbocycles. The second-order valence-corrected chi connectivity index (χ2v) is 16.0. The van der Waals surface area contributed by atoms with E-state index in [-0.39, 0.29) is 0 Å². The van der Waals surface area contributed by atoms with Crippen molar-refractivity contribution in [1.29, 1.82) is 0 Å². The average Bonchev–Trinajstić information content (AvgIpc) is 3.75. The van der Waals surface area contributed by atoms with Crippen molar-refractivity contribution in [2.75, 3.05) is 0 Å². The predicted octanol–water partition coefficient (Wildman–Crippen LogP) is 13.5. The Morgan fingerprint density at radius 1 is 0.400 bits per heavy atom. The van der Waals surface area contributed by atoms with Crippen molar-refractivity contribution in [3.05, 3.63) is 144 Å². The first-order valence-electron chi connectivity index (χ1n) is 15.1. The summed E-state index contributed by atoms with van der Waals surface area (Å²) in [6, 6.07) is 49.3. The van der Waals surface area contributed by atoms with Gasteiger partial charge in [0, 0.05) is 51.3 Å². The monoisotopic (exact) mass is 644 g/mol. The van der Waals surface area contributed by atoms with Crippen molar-refractivity contribution in [1.82, 2.24) is 0 Å². The Morgan fingerprint density at radius 3 is 1.69 bits per heavy atom. The first kappa shape index (κ1) is 26.1. The Labute approximate surface area is 277 Å². The minimum Gasteiger partial charge on any atom is -0.139 e. The highest BCUT2D eigenvalue weighted by Crippen LogP contribution is 2.52. The van der Waals surface area contributed by atoms with E-state index < -0.39 is 0 Å². The van der Waals surface area contributed by atoms with Crippen molar-refractivity contribution >= 4 is 85.4 Å². The lowest BCUT2D eigenvalue weighted by molar-refractivity contribution is 1.10. The maximum absolute atomic E-state index is 2.48. The molecule has 0 spiro atoms. The van der Waals surface area contributed by atoms with E-state index in [2.05, 4.69) is 133 Å². The lowest BCUT2D eigenvalue weighted by atomic mass is 9.99. The lowest BCUT2D eigenvalue weighted by Crippen LogP contribution is -1.96. The quantitative estimate of drug-likeness (QED) is 0.184. The Kier molecular flexibility index (Phi) is 5.89. The number of fused-ring (bicyclic) bond motifs is 9. The van der Waals surface area contributed by atoms with Crippen LogP contribution in [0.15, 0.2) is 143 Å². The molecule has 0 fully saturated rings. The van der Waals surface area contributed by atoms with E-state index in [0.717, 1.165) is 6.42 Å². The minimum absolute atomic E-state index is 1.01. The van der Waals surface area contributed by atoms with Gasteiger partial charge in [0.1, 0.15) is 0 Å². The van der Waals surface area contributed by atoms with Crippen LogP contribution in [0.2, 0.25) is 0 Å². The Hall–Kier alpha value is -4.19. The highest BCUT2D eigenvalue weighted by molar-refractivity contribution is 8.00. The van der Waals surface area contributed by atoms with Crippen LogP contribution in [-0.4, -0.2) is 0 Å². The molecule has 9 aromatic rings. The van der Waals surface area contributed by atoms with Gasteiger partial charge in [-0.25, -0.2) is 0 Å². The molecule has 1 aliphatic heterocycles. The number of benzene rings is 6. The molecule has 0 nitrogen and oxygen atoms in total. The average molecular weight is 645 g/mol. The molecule has 6 aromatic carbocycles. The second kappa shape index (κ2) is 10.2. The van der Waals surface area contributed by atoms with Gasteiger partial charge in [0.2, 0.25) is 0 Å². The van der Waals surface area contributed by atoms with Crippen molar-refractivity contribution < 1.29 is 0 Å². The Balaban J connectivity index is 1.01. The molecule has 10 rings (SSSR count). The molecule has 0 bridgehead atoms. The van der Waals surface area contributed by atoms with Crippen LogP contribution in [0.25, 0.3) is 73.0 Å². The van der Waals surface area contributed by atoms with E-state index in [1.54, 1.807) is 0 Å². The standard InChI is InChI=1S/C41H24S4/c1-3-7-24(8-4-1)26-11-13-27(14-12-26)28-15-16-30-21-38-39(43-34(30)19-28)32-22-37-33(23-36(32)42-38)41-40(45-37)31-18-17-29(20-35(31)44-41)25-9-5-2-6-10-25/h1-20,22-23H,21H2. The summed E-state index contributed by atoms with van der Waals surface area (Å²) in [6.45, 7) is 0. The Morgan fingerprint density at radius 2 is 0.933 bits per heavy atom. The van der Waals surface area contributed by atoms with Gasteiger partial charge in [0.25, 0.3) is 0 Å². The molecule has 212 valence electrons. The number of hydrogen-bond acceptors (Lipinski definition) is 4. The van der Waals surface area contributed by atoms with E-state index in [1.165, 1.54) is 93.3 Å². The molecule has 0 radical (unpaired) electrons. The normalized spacial score (nSPS) is 12.7. The molecular formula is C41H24S4. The van der Waals surface area contributed by atoms with Gasteiger partial charge in [0.05, 0.1) is 9.40 Å². The smallest absolute Gasteiger partial charge is 0.0542 e. The Bertz CT molecular complexity index is 2570. The summed E-state index contributed by atoms with van der Waals surface area (Å²) < 4.78 is 7.05. The molecule has 3 aromatic heterocycles. The first-order valence-corrected chi connectivity index (χ1v) is 18.4. The molecule has 0 amide bonds. The zero-order valence-electron chi connectivity index (χ0n) is 24.0. The fourth-order valence-electron chi connectivity index (χ4n) is 6.66. The van der Waals surface area contributed by atoms with Gasteiger partial charge in [-0.2, -0.15) is 0 Å². The maximum Gasteiger partial charge on any atom is 0.0542 e. The highest BCUT2D eigenvalue weighted by atomic mass is 32.2. The first-order chi connectivity index (χ1) is 22.2. The minimum atomic E-state index is 1.01. The third-order valence-corrected chi connectivity index (χ3v) is 14.0.